The Morgan fingerprint density at radius 1 is 1.36 bits per heavy atom. The molecular weight excluding hydrogens is 174 g/mol. The zero-order chi connectivity index (χ0) is 10.4. The SMILES string of the molecule is CCNC(COCC1CC1)C(C)CC. The molecule has 2 heteroatoms. The second-order valence-corrected chi connectivity index (χ2v) is 4.53. The van der Waals surface area contributed by atoms with Crippen molar-refractivity contribution in [3.8, 4) is 0 Å². The van der Waals surface area contributed by atoms with Crippen LogP contribution in [0.5, 0.6) is 0 Å². The average Bonchev–Trinajstić information content (AvgIpc) is 2.99. The van der Waals surface area contributed by atoms with Crippen molar-refractivity contribution in [2.24, 2.45) is 11.8 Å². The maximum Gasteiger partial charge on any atom is 0.0622 e. The van der Waals surface area contributed by atoms with Crippen LogP contribution in [0, 0.1) is 11.8 Å². The first kappa shape index (κ1) is 12.0. The van der Waals surface area contributed by atoms with Crippen molar-refractivity contribution in [1.29, 1.82) is 0 Å². The molecule has 0 aromatic heterocycles. The molecule has 0 saturated heterocycles. The Morgan fingerprint density at radius 3 is 2.57 bits per heavy atom. The molecule has 1 rings (SSSR count). The van der Waals surface area contributed by atoms with E-state index in [-0.39, 0.29) is 0 Å². The Bertz CT molecular complexity index is 145. The van der Waals surface area contributed by atoms with Gasteiger partial charge in [0.1, 0.15) is 0 Å². The lowest BCUT2D eigenvalue weighted by atomic mass is 10.00. The van der Waals surface area contributed by atoms with Crippen molar-refractivity contribution in [2.75, 3.05) is 19.8 Å². The standard InChI is InChI=1S/C12H25NO/c1-4-10(3)12(13-5-2)9-14-8-11-6-7-11/h10-13H,4-9H2,1-3H3. The molecule has 1 fully saturated rings. The van der Waals surface area contributed by atoms with Gasteiger partial charge < -0.3 is 10.1 Å². The van der Waals surface area contributed by atoms with Crippen LogP contribution < -0.4 is 5.32 Å². The molecule has 0 amide bonds. The second kappa shape index (κ2) is 6.41. The zero-order valence-electron chi connectivity index (χ0n) is 9.88. The number of likely N-dealkylation sites (N-methyl/N-ethyl adjacent to an activating group) is 1. The van der Waals surface area contributed by atoms with Crippen LogP contribution in [0.4, 0.5) is 0 Å². The van der Waals surface area contributed by atoms with E-state index >= 15 is 0 Å². The topological polar surface area (TPSA) is 21.3 Å². The fraction of sp³-hybridized carbons (Fsp3) is 1.00. The molecule has 2 atom stereocenters. The summed E-state index contributed by atoms with van der Waals surface area (Å²) in [6.07, 6.45) is 3.99. The summed E-state index contributed by atoms with van der Waals surface area (Å²) in [6.45, 7) is 9.62. The van der Waals surface area contributed by atoms with Gasteiger partial charge in [0, 0.05) is 12.6 Å². The van der Waals surface area contributed by atoms with Crippen LogP contribution in [0.2, 0.25) is 0 Å². The summed E-state index contributed by atoms with van der Waals surface area (Å²) < 4.78 is 5.73. The molecule has 0 aromatic carbocycles. The third kappa shape index (κ3) is 4.43. The largest absolute Gasteiger partial charge is 0.380 e. The molecular formula is C12H25NO. The fourth-order valence-electron chi connectivity index (χ4n) is 1.62. The van der Waals surface area contributed by atoms with E-state index in [9.17, 15) is 0 Å². The van der Waals surface area contributed by atoms with Gasteiger partial charge in [0.05, 0.1) is 6.61 Å². The van der Waals surface area contributed by atoms with Crippen LogP contribution >= 0.6 is 0 Å². The van der Waals surface area contributed by atoms with E-state index in [4.69, 9.17) is 4.74 Å². The highest BCUT2D eigenvalue weighted by atomic mass is 16.5. The van der Waals surface area contributed by atoms with E-state index in [0.29, 0.717) is 12.0 Å². The lowest BCUT2D eigenvalue weighted by Gasteiger charge is -2.23. The van der Waals surface area contributed by atoms with Gasteiger partial charge in [0.15, 0.2) is 0 Å². The average molecular weight is 199 g/mol. The lowest BCUT2D eigenvalue weighted by Crippen LogP contribution is -2.38. The van der Waals surface area contributed by atoms with Crippen LogP contribution in [0.1, 0.15) is 40.0 Å². The van der Waals surface area contributed by atoms with Gasteiger partial charge in [0.25, 0.3) is 0 Å². The first-order valence-corrected chi connectivity index (χ1v) is 6.09. The predicted octanol–water partition coefficient (Wildman–Crippen LogP) is 2.44. The fourth-order valence-corrected chi connectivity index (χ4v) is 1.62. The predicted molar refractivity (Wildman–Crippen MR) is 60.5 cm³/mol. The van der Waals surface area contributed by atoms with Gasteiger partial charge in [0.2, 0.25) is 0 Å². The molecule has 0 spiro atoms. The normalized spacial score (nSPS) is 20.8. The Balaban J connectivity index is 2.11. The molecule has 1 saturated carbocycles. The van der Waals surface area contributed by atoms with E-state index in [1.165, 1.54) is 19.3 Å². The molecule has 14 heavy (non-hydrogen) atoms. The van der Waals surface area contributed by atoms with Gasteiger partial charge in [-0.3, -0.25) is 0 Å². The molecule has 0 heterocycles. The molecule has 2 nitrogen and oxygen atoms in total. The smallest absolute Gasteiger partial charge is 0.0622 e. The van der Waals surface area contributed by atoms with Gasteiger partial charge in [-0.25, -0.2) is 0 Å². The van der Waals surface area contributed by atoms with Crippen molar-refractivity contribution in [1.82, 2.24) is 5.32 Å². The number of nitrogens with one attached hydrogen (secondary N) is 1. The molecule has 1 aliphatic carbocycles. The molecule has 0 aliphatic heterocycles. The molecule has 0 bridgehead atoms. The minimum Gasteiger partial charge on any atom is -0.380 e. The summed E-state index contributed by atoms with van der Waals surface area (Å²) in [5.74, 6) is 1.60. The van der Waals surface area contributed by atoms with Gasteiger partial charge in [-0.15, -0.1) is 0 Å². The van der Waals surface area contributed by atoms with Crippen molar-refractivity contribution in [2.45, 2.75) is 46.1 Å². The molecule has 0 aromatic rings. The quantitative estimate of drug-likeness (QED) is 0.648. The van der Waals surface area contributed by atoms with Crippen molar-refractivity contribution < 1.29 is 4.74 Å². The van der Waals surface area contributed by atoms with E-state index in [1.54, 1.807) is 0 Å². The van der Waals surface area contributed by atoms with Gasteiger partial charge in [-0.05, 0) is 31.2 Å². The highest BCUT2D eigenvalue weighted by molar-refractivity contribution is 4.74. The monoisotopic (exact) mass is 199 g/mol. The minimum absolute atomic E-state index is 0.545. The first-order valence-electron chi connectivity index (χ1n) is 6.09. The van der Waals surface area contributed by atoms with E-state index in [0.717, 1.165) is 25.7 Å². The second-order valence-electron chi connectivity index (χ2n) is 4.53. The van der Waals surface area contributed by atoms with Crippen molar-refractivity contribution in [3.63, 3.8) is 0 Å². The van der Waals surface area contributed by atoms with E-state index in [1.807, 2.05) is 0 Å². The first-order chi connectivity index (χ1) is 6.77. The highest BCUT2D eigenvalue weighted by Gasteiger charge is 2.22. The summed E-state index contributed by atoms with van der Waals surface area (Å²) in [7, 11) is 0. The van der Waals surface area contributed by atoms with Crippen LogP contribution in [0.25, 0.3) is 0 Å². The number of ether oxygens (including phenoxy) is 1. The number of hydrogen-bond donors (Lipinski definition) is 1. The van der Waals surface area contributed by atoms with Crippen LogP contribution in [0.15, 0.2) is 0 Å². The summed E-state index contributed by atoms with van der Waals surface area (Å²) in [5.41, 5.74) is 0. The number of hydrogen-bond acceptors (Lipinski definition) is 2. The Hall–Kier alpha value is -0.0800. The van der Waals surface area contributed by atoms with E-state index < -0.39 is 0 Å². The molecule has 2 unspecified atom stereocenters. The molecule has 1 aliphatic rings. The van der Waals surface area contributed by atoms with Gasteiger partial charge in [-0.1, -0.05) is 27.2 Å². The van der Waals surface area contributed by atoms with Crippen LogP contribution in [-0.4, -0.2) is 25.8 Å². The third-order valence-corrected chi connectivity index (χ3v) is 3.15. The summed E-state index contributed by atoms with van der Waals surface area (Å²) in [5, 5.41) is 3.50. The summed E-state index contributed by atoms with van der Waals surface area (Å²) in [4.78, 5) is 0. The van der Waals surface area contributed by atoms with Crippen LogP contribution in [-0.2, 0) is 4.74 Å². The van der Waals surface area contributed by atoms with Crippen LogP contribution in [0.3, 0.4) is 0 Å². The Kier molecular flexibility index (Phi) is 5.49. The van der Waals surface area contributed by atoms with Gasteiger partial charge >= 0.3 is 0 Å². The van der Waals surface area contributed by atoms with Crippen molar-refractivity contribution in [3.05, 3.63) is 0 Å². The molecule has 1 N–H and O–H groups in total. The zero-order valence-corrected chi connectivity index (χ0v) is 9.88. The maximum atomic E-state index is 5.73. The Morgan fingerprint density at radius 2 is 2.07 bits per heavy atom. The van der Waals surface area contributed by atoms with Crippen molar-refractivity contribution >= 4 is 0 Å². The number of rotatable bonds is 8. The third-order valence-electron chi connectivity index (χ3n) is 3.15. The minimum atomic E-state index is 0.545. The summed E-state index contributed by atoms with van der Waals surface area (Å²) >= 11 is 0. The van der Waals surface area contributed by atoms with Gasteiger partial charge in [-0.2, -0.15) is 0 Å². The highest BCUT2D eigenvalue weighted by Crippen LogP contribution is 2.28. The summed E-state index contributed by atoms with van der Waals surface area (Å²) in [6, 6.07) is 0.545. The Labute approximate surface area is 88.4 Å². The molecule has 0 radical (unpaired) electrons. The maximum absolute atomic E-state index is 5.73. The molecule has 84 valence electrons. The van der Waals surface area contributed by atoms with E-state index in [2.05, 4.69) is 26.1 Å². The lowest BCUT2D eigenvalue weighted by molar-refractivity contribution is 0.0878.